The van der Waals surface area contributed by atoms with Crippen LogP contribution in [0.2, 0.25) is 0 Å². The Labute approximate surface area is 83.2 Å². The van der Waals surface area contributed by atoms with Crippen molar-refractivity contribution < 1.29 is 9.59 Å². The molecule has 4 heteroatoms. The van der Waals surface area contributed by atoms with Crippen LogP contribution in [0.5, 0.6) is 0 Å². The monoisotopic (exact) mass is 201 g/mol. The average molecular weight is 201 g/mol. The molecule has 0 saturated carbocycles. The Morgan fingerprint density at radius 1 is 1.54 bits per heavy atom. The molecular formula is C9H15NO2S. The van der Waals surface area contributed by atoms with E-state index < -0.39 is 0 Å². The molecule has 0 aliphatic rings. The second kappa shape index (κ2) is 6.71. The van der Waals surface area contributed by atoms with Gasteiger partial charge < -0.3 is 0 Å². The molecule has 0 atom stereocenters. The maximum Gasteiger partial charge on any atom is 0.238 e. The average Bonchev–Trinajstić information content (AvgIpc) is 2.10. The summed E-state index contributed by atoms with van der Waals surface area (Å²) in [6, 6.07) is 0. The first-order valence-electron chi connectivity index (χ1n) is 4.05. The van der Waals surface area contributed by atoms with Crippen LogP contribution >= 0.6 is 11.8 Å². The highest BCUT2D eigenvalue weighted by Gasteiger charge is 2.11. The topological polar surface area (TPSA) is 37.4 Å². The van der Waals surface area contributed by atoms with Crippen molar-refractivity contribution in [3.63, 3.8) is 0 Å². The third kappa shape index (κ3) is 5.47. The summed E-state index contributed by atoms with van der Waals surface area (Å²) < 4.78 is 0. The van der Waals surface area contributed by atoms with Crippen LogP contribution in [0.15, 0.2) is 12.7 Å². The highest BCUT2D eigenvalue weighted by Crippen LogP contribution is 2.04. The molecule has 0 aromatic heterocycles. The fourth-order valence-electron chi connectivity index (χ4n) is 0.599. The summed E-state index contributed by atoms with van der Waals surface area (Å²) in [5, 5.41) is 0. The third-order valence-electron chi connectivity index (χ3n) is 1.54. The number of allylic oxidation sites excluding steroid dienone is 1. The van der Waals surface area contributed by atoms with Gasteiger partial charge in [0.25, 0.3) is 0 Å². The smallest absolute Gasteiger partial charge is 0.238 e. The summed E-state index contributed by atoms with van der Waals surface area (Å²) in [6.45, 7) is 4.96. The van der Waals surface area contributed by atoms with Crippen LogP contribution in [-0.4, -0.2) is 35.3 Å². The van der Waals surface area contributed by atoms with Gasteiger partial charge in [-0.25, -0.2) is 0 Å². The summed E-state index contributed by atoms with van der Waals surface area (Å²) in [4.78, 5) is 23.1. The van der Waals surface area contributed by atoms with Crippen molar-refractivity contribution in [3.05, 3.63) is 12.7 Å². The van der Waals surface area contributed by atoms with Crippen molar-refractivity contribution >= 4 is 23.6 Å². The second-order valence-electron chi connectivity index (χ2n) is 2.60. The normalized spacial score (nSPS) is 9.38. The zero-order valence-electron chi connectivity index (χ0n) is 8.08. The van der Waals surface area contributed by atoms with E-state index in [2.05, 4.69) is 6.58 Å². The van der Waals surface area contributed by atoms with Gasteiger partial charge in [-0.3, -0.25) is 14.5 Å². The molecule has 0 N–H and O–H groups in total. The molecule has 0 spiro atoms. The summed E-state index contributed by atoms with van der Waals surface area (Å²) in [5.41, 5.74) is 0. The first-order chi connectivity index (χ1) is 6.09. The minimum Gasteiger partial charge on any atom is -0.285 e. The van der Waals surface area contributed by atoms with Crippen molar-refractivity contribution in [1.29, 1.82) is 0 Å². The Bertz CT molecular complexity index is 204. The first-order valence-corrected chi connectivity index (χ1v) is 5.20. The van der Waals surface area contributed by atoms with Gasteiger partial charge in [0.05, 0.1) is 5.75 Å². The maximum atomic E-state index is 11.2. The summed E-state index contributed by atoms with van der Waals surface area (Å²) in [7, 11) is 1.50. The molecule has 3 nitrogen and oxygen atoms in total. The third-order valence-corrected chi connectivity index (χ3v) is 2.51. The Balaban J connectivity index is 3.62. The van der Waals surface area contributed by atoms with Crippen LogP contribution in [0.1, 0.15) is 13.3 Å². The van der Waals surface area contributed by atoms with E-state index in [-0.39, 0.29) is 11.8 Å². The molecule has 0 aliphatic carbocycles. The van der Waals surface area contributed by atoms with E-state index in [4.69, 9.17) is 0 Å². The zero-order chi connectivity index (χ0) is 10.3. The van der Waals surface area contributed by atoms with Crippen LogP contribution < -0.4 is 0 Å². The van der Waals surface area contributed by atoms with Crippen molar-refractivity contribution in [3.8, 4) is 0 Å². The fraction of sp³-hybridized carbons (Fsp3) is 0.556. The Kier molecular flexibility index (Phi) is 6.32. The van der Waals surface area contributed by atoms with E-state index >= 15 is 0 Å². The Hall–Kier alpha value is -0.770. The van der Waals surface area contributed by atoms with E-state index in [0.29, 0.717) is 5.75 Å². The molecule has 0 rings (SSSR count). The molecule has 0 heterocycles. The standard InChI is InChI=1S/C9H15NO2S/c1-4-5-6-13-7-9(12)10(3)8(2)11/h4H,1,5-7H2,2-3H3. The van der Waals surface area contributed by atoms with Gasteiger partial charge in [0.2, 0.25) is 11.8 Å². The largest absolute Gasteiger partial charge is 0.285 e. The van der Waals surface area contributed by atoms with Crippen LogP contribution in [0.25, 0.3) is 0 Å². The van der Waals surface area contributed by atoms with Gasteiger partial charge in [0.15, 0.2) is 0 Å². The molecule has 74 valence electrons. The minimum atomic E-state index is -0.214. The van der Waals surface area contributed by atoms with Crippen LogP contribution in [0.4, 0.5) is 0 Å². The molecule has 2 amide bonds. The lowest BCUT2D eigenvalue weighted by Gasteiger charge is -2.11. The lowest BCUT2D eigenvalue weighted by molar-refractivity contribution is -0.140. The molecule has 0 aromatic carbocycles. The van der Waals surface area contributed by atoms with Crippen LogP contribution in [0.3, 0.4) is 0 Å². The predicted molar refractivity (Wildman–Crippen MR) is 55.6 cm³/mol. The molecule has 0 radical (unpaired) electrons. The predicted octanol–water partition coefficient (Wildman–Crippen LogP) is 1.30. The van der Waals surface area contributed by atoms with Gasteiger partial charge in [-0.2, -0.15) is 11.8 Å². The number of hydrogen-bond acceptors (Lipinski definition) is 3. The van der Waals surface area contributed by atoms with Crippen LogP contribution in [0, 0.1) is 0 Å². The van der Waals surface area contributed by atoms with Crippen molar-refractivity contribution in [2.75, 3.05) is 18.6 Å². The van der Waals surface area contributed by atoms with E-state index in [9.17, 15) is 9.59 Å². The fourth-order valence-corrected chi connectivity index (χ4v) is 1.44. The SMILES string of the molecule is C=CCCSCC(=O)N(C)C(C)=O. The molecule has 0 aliphatic heterocycles. The molecule has 0 bridgehead atoms. The molecule has 0 aromatic rings. The molecule has 0 saturated heterocycles. The lowest BCUT2D eigenvalue weighted by Crippen LogP contribution is -2.32. The van der Waals surface area contributed by atoms with Gasteiger partial charge in [0, 0.05) is 14.0 Å². The highest BCUT2D eigenvalue weighted by molar-refractivity contribution is 7.99. The summed E-state index contributed by atoms with van der Waals surface area (Å²) in [5.74, 6) is 0.890. The van der Waals surface area contributed by atoms with E-state index in [1.165, 1.54) is 25.7 Å². The van der Waals surface area contributed by atoms with Crippen molar-refractivity contribution in [2.45, 2.75) is 13.3 Å². The quantitative estimate of drug-likeness (QED) is 0.497. The summed E-state index contributed by atoms with van der Waals surface area (Å²) >= 11 is 1.52. The zero-order valence-corrected chi connectivity index (χ0v) is 8.89. The van der Waals surface area contributed by atoms with E-state index in [1.54, 1.807) is 0 Å². The second-order valence-corrected chi connectivity index (χ2v) is 3.71. The number of imide groups is 1. The maximum absolute atomic E-state index is 11.2. The molecule has 13 heavy (non-hydrogen) atoms. The number of rotatable bonds is 5. The number of amides is 2. The van der Waals surface area contributed by atoms with E-state index in [1.807, 2.05) is 6.08 Å². The Morgan fingerprint density at radius 3 is 2.62 bits per heavy atom. The number of carbonyl (C=O) groups is 2. The first kappa shape index (κ1) is 12.2. The molecular weight excluding hydrogens is 186 g/mol. The molecule has 0 fully saturated rings. The highest BCUT2D eigenvalue weighted by atomic mass is 32.2. The number of hydrogen-bond donors (Lipinski definition) is 0. The minimum absolute atomic E-state index is 0.137. The van der Waals surface area contributed by atoms with Gasteiger partial charge in [-0.1, -0.05) is 6.08 Å². The molecule has 0 unspecified atom stereocenters. The summed E-state index contributed by atoms with van der Waals surface area (Å²) in [6.07, 6.45) is 2.70. The number of carbonyl (C=O) groups excluding carboxylic acids is 2. The number of nitrogens with zero attached hydrogens (tertiary/aromatic N) is 1. The number of thioether (sulfide) groups is 1. The van der Waals surface area contributed by atoms with E-state index in [0.717, 1.165) is 17.1 Å². The van der Waals surface area contributed by atoms with Gasteiger partial charge >= 0.3 is 0 Å². The Morgan fingerprint density at radius 2 is 2.15 bits per heavy atom. The van der Waals surface area contributed by atoms with Gasteiger partial charge in [-0.15, -0.1) is 6.58 Å². The van der Waals surface area contributed by atoms with Crippen molar-refractivity contribution in [2.24, 2.45) is 0 Å². The van der Waals surface area contributed by atoms with Crippen molar-refractivity contribution in [1.82, 2.24) is 4.90 Å². The van der Waals surface area contributed by atoms with Gasteiger partial charge in [0.1, 0.15) is 0 Å². The lowest BCUT2D eigenvalue weighted by atomic mass is 10.5. The van der Waals surface area contributed by atoms with Gasteiger partial charge in [-0.05, 0) is 12.2 Å². The van der Waals surface area contributed by atoms with Crippen LogP contribution in [-0.2, 0) is 9.59 Å².